The molecule has 2 atom stereocenters. The van der Waals surface area contributed by atoms with Gasteiger partial charge >= 0.3 is 5.97 Å². The minimum Gasteiger partial charge on any atom is -0.475 e. The Bertz CT molecular complexity index is 902. The van der Waals surface area contributed by atoms with Gasteiger partial charge in [-0.05, 0) is 53.2 Å². The van der Waals surface area contributed by atoms with Gasteiger partial charge in [-0.3, -0.25) is 0 Å². The highest BCUT2D eigenvalue weighted by Crippen LogP contribution is 2.39. The van der Waals surface area contributed by atoms with Crippen LogP contribution in [0.2, 0.25) is 0 Å². The fourth-order valence-electron chi connectivity index (χ4n) is 3.97. The van der Waals surface area contributed by atoms with Gasteiger partial charge in [-0.15, -0.1) is 0 Å². The number of rotatable bonds is 7. The monoisotopic (exact) mass is 380 g/mol. The predicted molar refractivity (Wildman–Crippen MR) is 105 cm³/mol. The number of carboxylic acid groups (broad SMARTS) is 1. The third kappa shape index (κ3) is 3.81. The highest BCUT2D eigenvalue weighted by atomic mass is 16.7. The van der Waals surface area contributed by atoms with Gasteiger partial charge < -0.3 is 19.7 Å². The predicted octanol–water partition coefficient (Wildman–Crippen LogP) is 3.85. The normalized spacial score (nSPS) is 20.1. The van der Waals surface area contributed by atoms with Crippen molar-refractivity contribution < 1.29 is 24.5 Å². The molecule has 0 bridgehead atoms. The standard InChI is InChI=1S/C23H24O5/c24-9-3-4-10-27-22-14-17(13-21(28-22)23(25)26)15-7-8-20-18(11-15)12-16-5-1-2-6-19(16)20/h1-2,5-8,11,13,17,22,24H,3-4,9-10,12,14H2,(H,25,26)/t17-,22+/m0/s1. The number of fused-ring (bicyclic) bond motifs is 3. The Morgan fingerprint density at radius 2 is 1.93 bits per heavy atom. The number of allylic oxidation sites excluding steroid dienone is 1. The summed E-state index contributed by atoms with van der Waals surface area (Å²) in [6.45, 7) is 0.555. The second kappa shape index (κ2) is 8.17. The van der Waals surface area contributed by atoms with Crippen LogP contribution in [0.5, 0.6) is 0 Å². The number of aliphatic hydroxyl groups is 1. The van der Waals surface area contributed by atoms with E-state index in [9.17, 15) is 9.90 Å². The van der Waals surface area contributed by atoms with Crippen LogP contribution >= 0.6 is 0 Å². The molecule has 2 aromatic rings. The van der Waals surface area contributed by atoms with Crippen LogP contribution in [0.25, 0.3) is 11.1 Å². The van der Waals surface area contributed by atoms with Crippen LogP contribution in [0.15, 0.2) is 54.3 Å². The van der Waals surface area contributed by atoms with Gasteiger partial charge in [0.25, 0.3) is 0 Å². The minimum atomic E-state index is -1.08. The van der Waals surface area contributed by atoms with Crippen LogP contribution in [-0.4, -0.2) is 35.7 Å². The quantitative estimate of drug-likeness (QED) is 0.609. The molecule has 0 amide bonds. The molecule has 1 heterocycles. The first-order valence-corrected chi connectivity index (χ1v) is 9.71. The molecule has 0 saturated carbocycles. The van der Waals surface area contributed by atoms with E-state index >= 15 is 0 Å². The van der Waals surface area contributed by atoms with Gasteiger partial charge in [0.05, 0.1) is 6.61 Å². The van der Waals surface area contributed by atoms with Crippen molar-refractivity contribution in [1.82, 2.24) is 0 Å². The molecule has 1 aliphatic carbocycles. The Morgan fingerprint density at radius 3 is 2.75 bits per heavy atom. The van der Waals surface area contributed by atoms with Gasteiger partial charge in [-0.2, -0.15) is 0 Å². The van der Waals surface area contributed by atoms with Crippen molar-refractivity contribution in [1.29, 1.82) is 0 Å². The third-order valence-corrected chi connectivity index (χ3v) is 5.37. The third-order valence-electron chi connectivity index (χ3n) is 5.37. The summed E-state index contributed by atoms with van der Waals surface area (Å²) in [5.74, 6) is -1.22. The molecule has 0 aromatic heterocycles. The van der Waals surface area contributed by atoms with Gasteiger partial charge in [-0.1, -0.05) is 42.5 Å². The number of aliphatic hydroxyl groups excluding tert-OH is 1. The number of ether oxygens (including phenoxy) is 2. The maximum atomic E-state index is 11.5. The molecule has 2 aliphatic rings. The van der Waals surface area contributed by atoms with E-state index in [2.05, 4.69) is 42.5 Å². The van der Waals surface area contributed by atoms with E-state index in [1.165, 1.54) is 22.3 Å². The van der Waals surface area contributed by atoms with Gasteiger partial charge in [0.1, 0.15) is 0 Å². The number of aliphatic carboxylic acids is 1. The molecule has 4 rings (SSSR count). The molecule has 0 spiro atoms. The maximum absolute atomic E-state index is 11.5. The lowest BCUT2D eigenvalue weighted by atomic mass is 9.90. The zero-order chi connectivity index (χ0) is 19.5. The average molecular weight is 380 g/mol. The molecule has 0 saturated heterocycles. The van der Waals surface area contributed by atoms with E-state index in [1.54, 1.807) is 6.08 Å². The summed E-state index contributed by atoms with van der Waals surface area (Å²) in [6, 6.07) is 14.8. The molecule has 2 aromatic carbocycles. The molecule has 0 fully saturated rings. The first-order valence-electron chi connectivity index (χ1n) is 9.71. The SMILES string of the molecule is O=C(O)C1=C[C@H](c2ccc3c(c2)Cc2ccccc2-3)C[C@H](OCCCCO)O1. The lowest BCUT2D eigenvalue weighted by Gasteiger charge is -2.28. The zero-order valence-electron chi connectivity index (χ0n) is 15.6. The van der Waals surface area contributed by atoms with E-state index in [0.29, 0.717) is 25.9 Å². The summed E-state index contributed by atoms with van der Waals surface area (Å²) in [4.78, 5) is 11.5. The molecule has 1 aliphatic heterocycles. The molecular formula is C23H24O5. The number of carboxylic acids is 1. The van der Waals surface area contributed by atoms with Crippen LogP contribution in [0.1, 0.15) is 41.9 Å². The van der Waals surface area contributed by atoms with E-state index in [0.717, 1.165) is 12.0 Å². The van der Waals surface area contributed by atoms with Crippen molar-refractivity contribution in [3.63, 3.8) is 0 Å². The van der Waals surface area contributed by atoms with E-state index in [4.69, 9.17) is 14.6 Å². The fourth-order valence-corrected chi connectivity index (χ4v) is 3.97. The maximum Gasteiger partial charge on any atom is 0.370 e. The number of hydrogen-bond donors (Lipinski definition) is 2. The Kier molecular flexibility index (Phi) is 5.46. The summed E-state index contributed by atoms with van der Waals surface area (Å²) >= 11 is 0. The molecule has 2 N–H and O–H groups in total. The van der Waals surface area contributed by atoms with Crippen LogP contribution in [0.4, 0.5) is 0 Å². The highest BCUT2D eigenvalue weighted by molar-refractivity contribution is 5.84. The Labute approximate surface area is 164 Å². The first kappa shape index (κ1) is 18.7. The average Bonchev–Trinajstić information content (AvgIpc) is 3.09. The van der Waals surface area contributed by atoms with Crippen LogP contribution in [0.3, 0.4) is 0 Å². The summed E-state index contributed by atoms with van der Waals surface area (Å²) in [7, 11) is 0. The molecular weight excluding hydrogens is 356 g/mol. The van der Waals surface area contributed by atoms with Gasteiger partial charge in [0.15, 0.2) is 0 Å². The Morgan fingerprint density at radius 1 is 1.11 bits per heavy atom. The summed E-state index contributed by atoms with van der Waals surface area (Å²) in [6.07, 6.45) is 3.93. The smallest absolute Gasteiger partial charge is 0.370 e. The second-order valence-electron chi connectivity index (χ2n) is 7.28. The molecule has 5 nitrogen and oxygen atoms in total. The summed E-state index contributed by atoms with van der Waals surface area (Å²) in [5.41, 5.74) is 6.22. The van der Waals surface area contributed by atoms with Crippen molar-refractivity contribution in [2.45, 2.75) is 37.9 Å². The lowest BCUT2D eigenvalue weighted by molar-refractivity contribution is -0.157. The zero-order valence-corrected chi connectivity index (χ0v) is 15.6. The summed E-state index contributed by atoms with van der Waals surface area (Å²) < 4.78 is 11.2. The minimum absolute atomic E-state index is 0.0628. The summed E-state index contributed by atoms with van der Waals surface area (Å²) in [5, 5.41) is 18.3. The first-order chi connectivity index (χ1) is 13.7. The molecule has 5 heteroatoms. The number of hydrogen-bond acceptors (Lipinski definition) is 4. The number of benzene rings is 2. The Balaban J connectivity index is 1.55. The van der Waals surface area contributed by atoms with Crippen molar-refractivity contribution >= 4 is 5.97 Å². The van der Waals surface area contributed by atoms with Crippen molar-refractivity contribution in [3.05, 3.63) is 71.0 Å². The molecule has 146 valence electrons. The van der Waals surface area contributed by atoms with E-state index in [-0.39, 0.29) is 18.3 Å². The van der Waals surface area contributed by atoms with Crippen molar-refractivity contribution in [2.75, 3.05) is 13.2 Å². The van der Waals surface area contributed by atoms with Gasteiger partial charge in [0.2, 0.25) is 12.0 Å². The van der Waals surface area contributed by atoms with Gasteiger partial charge in [0, 0.05) is 18.9 Å². The van der Waals surface area contributed by atoms with Crippen molar-refractivity contribution in [3.8, 4) is 11.1 Å². The lowest BCUT2D eigenvalue weighted by Crippen LogP contribution is -2.27. The van der Waals surface area contributed by atoms with Crippen LogP contribution in [-0.2, 0) is 20.7 Å². The van der Waals surface area contributed by atoms with E-state index < -0.39 is 12.3 Å². The largest absolute Gasteiger partial charge is 0.475 e. The number of carbonyl (C=O) groups is 1. The second-order valence-corrected chi connectivity index (χ2v) is 7.28. The number of unbranched alkanes of at least 4 members (excludes halogenated alkanes) is 1. The Hall–Kier alpha value is -2.63. The highest BCUT2D eigenvalue weighted by Gasteiger charge is 2.29. The topological polar surface area (TPSA) is 76.0 Å². The van der Waals surface area contributed by atoms with E-state index in [1.807, 2.05) is 0 Å². The molecule has 0 radical (unpaired) electrons. The van der Waals surface area contributed by atoms with Gasteiger partial charge in [-0.25, -0.2) is 4.79 Å². The van der Waals surface area contributed by atoms with Crippen LogP contribution < -0.4 is 0 Å². The van der Waals surface area contributed by atoms with Crippen LogP contribution in [0, 0.1) is 0 Å². The van der Waals surface area contributed by atoms with Crippen molar-refractivity contribution in [2.24, 2.45) is 0 Å². The fraction of sp³-hybridized carbons (Fsp3) is 0.348. The molecule has 0 unspecified atom stereocenters. The molecule has 28 heavy (non-hydrogen) atoms.